The molecule has 0 spiro atoms. The number of hydrogen-bond acceptors (Lipinski definition) is 3. The number of benzene rings is 1. The third-order valence-electron chi connectivity index (χ3n) is 2.30. The fraction of sp³-hybridized carbons (Fsp3) is 0.250. The highest BCUT2D eigenvalue weighted by Gasteiger charge is 2.08. The molecule has 0 fully saturated rings. The predicted octanol–water partition coefficient (Wildman–Crippen LogP) is 2.62. The van der Waals surface area contributed by atoms with Crippen molar-refractivity contribution in [1.82, 2.24) is 0 Å². The molecule has 2 N–H and O–H groups in total. The number of furan rings is 1. The Morgan fingerprint density at radius 2 is 2.25 bits per heavy atom. The molecule has 0 saturated heterocycles. The summed E-state index contributed by atoms with van der Waals surface area (Å²) in [5.41, 5.74) is 8.25. The minimum atomic E-state index is 0. The zero-order valence-corrected chi connectivity index (χ0v) is 9.75. The van der Waals surface area contributed by atoms with Crippen molar-refractivity contribution in [2.45, 2.75) is 19.4 Å². The largest absolute Gasteiger partial charge is 0.464 e. The zero-order valence-electron chi connectivity index (χ0n) is 8.93. The summed E-state index contributed by atoms with van der Waals surface area (Å²) >= 11 is 0. The zero-order chi connectivity index (χ0) is 10.8. The highest BCUT2D eigenvalue weighted by Crippen LogP contribution is 2.23. The van der Waals surface area contributed by atoms with E-state index in [0.29, 0.717) is 5.56 Å². The van der Waals surface area contributed by atoms with Crippen molar-refractivity contribution >= 4 is 23.4 Å². The van der Waals surface area contributed by atoms with E-state index in [-0.39, 0.29) is 18.4 Å². The first kappa shape index (κ1) is 12.6. The topological polar surface area (TPSA) is 63.0 Å². The van der Waals surface area contributed by atoms with Gasteiger partial charge in [-0.15, -0.1) is 12.4 Å². The second-order valence-electron chi connectivity index (χ2n) is 3.77. The van der Waals surface area contributed by atoms with Crippen LogP contribution < -0.4 is 5.73 Å². The van der Waals surface area contributed by atoms with Crippen LogP contribution in [-0.2, 0) is 6.42 Å². The third-order valence-corrected chi connectivity index (χ3v) is 2.30. The second kappa shape index (κ2) is 5.02. The molecule has 0 aliphatic carbocycles. The van der Waals surface area contributed by atoms with Gasteiger partial charge in [-0.05, 0) is 37.1 Å². The lowest BCUT2D eigenvalue weighted by atomic mass is 10.0. The van der Waals surface area contributed by atoms with Crippen molar-refractivity contribution in [3.05, 3.63) is 35.6 Å². The molecule has 1 heterocycles. The third kappa shape index (κ3) is 2.35. The van der Waals surface area contributed by atoms with Crippen LogP contribution in [0.25, 0.3) is 11.0 Å². The van der Waals surface area contributed by atoms with E-state index in [1.165, 1.54) is 0 Å². The molecule has 1 unspecified atom stereocenters. The summed E-state index contributed by atoms with van der Waals surface area (Å²) in [7, 11) is 0. The molecule has 0 aliphatic rings. The van der Waals surface area contributed by atoms with E-state index >= 15 is 0 Å². The van der Waals surface area contributed by atoms with Crippen molar-refractivity contribution in [1.29, 1.82) is 5.26 Å². The summed E-state index contributed by atoms with van der Waals surface area (Å²) in [6.07, 6.45) is 2.36. The average Bonchev–Trinajstić information content (AvgIpc) is 2.64. The van der Waals surface area contributed by atoms with Gasteiger partial charge in [-0.2, -0.15) is 5.26 Å². The van der Waals surface area contributed by atoms with Crippen LogP contribution >= 0.6 is 12.4 Å². The maximum atomic E-state index is 8.88. The molecule has 0 amide bonds. The normalized spacial score (nSPS) is 11.8. The Balaban J connectivity index is 0.00000128. The van der Waals surface area contributed by atoms with Crippen LogP contribution in [0.2, 0.25) is 0 Å². The van der Waals surface area contributed by atoms with E-state index in [9.17, 15) is 0 Å². The van der Waals surface area contributed by atoms with E-state index in [2.05, 4.69) is 6.07 Å². The van der Waals surface area contributed by atoms with Crippen LogP contribution in [0.1, 0.15) is 18.1 Å². The van der Waals surface area contributed by atoms with Crippen LogP contribution in [0.15, 0.2) is 28.9 Å². The van der Waals surface area contributed by atoms with Gasteiger partial charge < -0.3 is 10.2 Å². The standard InChI is InChI=1S/C12H12N2O.ClH/c1-8(14)4-11-6-9(7-13)5-10-2-3-15-12(10)11;/h2-3,5-6,8H,4,14H2,1H3;1H. The van der Waals surface area contributed by atoms with Gasteiger partial charge >= 0.3 is 0 Å². The molecule has 0 aliphatic heterocycles. The molecule has 1 aromatic heterocycles. The Morgan fingerprint density at radius 3 is 2.88 bits per heavy atom. The molecule has 3 nitrogen and oxygen atoms in total. The maximum absolute atomic E-state index is 8.88. The van der Waals surface area contributed by atoms with E-state index in [0.717, 1.165) is 23.0 Å². The molecule has 2 rings (SSSR count). The number of halogens is 1. The van der Waals surface area contributed by atoms with Gasteiger partial charge in [0.05, 0.1) is 17.9 Å². The number of nitriles is 1. The van der Waals surface area contributed by atoms with Crippen LogP contribution in [-0.4, -0.2) is 6.04 Å². The molecule has 4 heteroatoms. The molecule has 1 atom stereocenters. The van der Waals surface area contributed by atoms with Crippen molar-refractivity contribution in [2.24, 2.45) is 5.73 Å². The lowest BCUT2D eigenvalue weighted by Crippen LogP contribution is -2.17. The second-order valence-corrected chi connectivity index (χ2v) is 3.77. The first-order valence-corrected chi connectivity index (χ1v) is 4.86. The van der Waals surface area contributed by atoms with Gasteiger partial charge in [0.2, 0.25) is 0 Å². The summed E-state index contributed by atoms with van der Waals surface area (Å²) < 4.78 is 5.38. The van der Waals surface area contributed by atoms with Gasteiger partial charge in [-0.1, -0.05) is 0 Å². The lowest BCUT2D eigenvalue weighted by Gasteiger charge is -2.06. The maximum Gasteiger partial charge on any atom is 0.137 e. The van der Waals surface area contributed by atoms with Crippen LogP contribution in [0.4, 0.5) is 0 Å². The molecular weight excluding hydrogens is 224 g/mol. The Hall–Kier alpha value is -1.50. The Bertz CT molecular complexity index is 525. The summed E-state index contributed by atoms with van der Waals surface area (Å²) in [4.78, 5) is 0. The van der Waals surface area contributed by atoms with Crippen molar-refractivity contribution in [3.63, 3.8) is 0 Å². The smallest absolute Gasteiger partial charge is 0.137 e. The Labute approximate surface area is 100 Å². The van der Waals surface area contributed by atoms with Gasteiger partial charge in [-0.3, -0.25) is 0 Å². The van der Waals surface area contributed by atoms with Gasteiger partial charge in [0, 0.05) is 11.4 Å². The molecule has 0 saturated carbocycles. The quantitative estimate of drug-likeness (QED) is 0.872. The van der Waals surface area contributed by atoms with Crippen molar-refractivity contribution in [2.75, 3.05) is 0 Å². The highest BCUT2D eigenvalue weighted by molar-refractivity contribution is 5.85. The molecule has 0 radical (unpaired) electrons. The first-order valence-electron chi connectivity index (χ1n) is 4.86. The van der Waals surface area contributed by atoms with Crippen molar-refractivity contribution < 1.29 is 4.42 Å². The average molecular weight is 237 g/mol. The molecule has 84 valence electrons. The van der Waals surface area contributed by atoms with Crippen LogP contribution in [0.3, 0.4) is 0 Å². The van der Waals surface area contributed by atoms with Crippen LogP contribution in [0, 0.1) is 11.3 Å². The van der Waals surface area contributed by atoms with Gasteiger partial charge in [-0.25, -0.2) is 0 Å². The molecule has 16 heavy (non-hydrogen) atoms. The number of nitrogens with two attached hydrogens (primary N) is 1. The van der Waals surface area contributed by atoms with Gasteiger partial charge in [0.15, 0.2) is 0 Å². The fourth-order valence-electron chi connectivity index (χ4n) is 1.72. The molecule has 0 bridgehead atoms. The van der Waals surface area contributed by atoms with Crippen LogP contribution in [0.5, 0.6) is 0 Å². The van der Waals surface area contributed by atoms with E-state index in [1.807, 2.05) is 25.1 Å². The number of fused-ring (bicyclic) bond motifs is 1. The Morgan fingerprint density at radius 1 is 1.50 bits per heavy atom. The SMILES string of the molecule is CC(N)Cc1cc(C#N)cc2ccoc12.Cl. The molecular formula is C12H13ClN2O. The molecule has 1 aromatic carbocycles. The number of rotatable bonds is 2. The number of hydrogen-bond donors (Lipinski definition) is 1. The minimum Gasteiger partial charge on any atom is -0.464 e. The number of nitrogens with zero attached hydrogens (tertiary/aromatic N) is 1. The van der Waals surface area contributed by atoms with E-state index < -0.39 is 0 Å². The van der Waals surface area contributed by atoms with E-state index in [1.54, 1.807) is 6.26 Å². The van der Waals surface area contributed by atoms with Gasteiger partial charge in [0.25, 0.3) is 0 Å². The Kier molecular flexibility index (Phi) is 3.94. The summed E-state index contributed by atoms with van der Waals surface area (Å²) in [5, 5.41) is 9.84. The fourth-order valence-corrected chi connectivity index (χ4v) is 1.72. The summed E-state index contributed by atoms with van der Waals surface area (Å²) in [6, 6.07) is 7.73. The van der Waals surface area contributed by atoms with Gasteiger partial charge in [0.1, 0.15) is 5.58 Å². The lowest BCUT2D eigenvalue weighted by molar-refractivity contribution is 0.606. The summed E-state index contributed by atoms with van der Waals surface area (Å²) in [6.45, 7) is 1.94. The van der Waals surface area contributed by atoms with Crippen molar-refractivity contribution in [3.8, 4) is 6.07 Å². The predicted molar refractivity (Wildman–Crippen MR) is 65.5 cm³/mol. The minimum absolute atomic E-state index is 0. The molecule has 2 aromatic rings. The summed E-state index contributed by atoms with van der Waals surface area (Å²) in [5.74, 6) is 0. The monoisotopic (exact) mass is 236 g/mol. The van der Waals surface area contributed by atoms with E-state index in [4.69, 9.17) is 15.4 Å². The first-order chi connectivity index (χ1) is 7.20. The highest BCUT2D eigenvalue weighted by atomic mass is 35.5.